The summed E-state index contributed by atoms with van der Waals surface area (Å²) in [5.41, 5.74) is 2.74. The Labute approximate surface area is 176 Å². The summed E-state index contributed by atoms with van der Waals surface area (Å²) in [6, 6.07) is 6.53. The van der Waals surface area contributed by atoms with Gasteiger partial charge in [-0.15, -0.1) is 0 Å². The monoisotopic (exact) mass is 457 g/mol. The number of nitro benzene ring substituents is 1. The lowest BCUT2D eigenvalue weighted by atomic mass is 10.2. The number of nitrogens with one attached hydrogen (secondary N) is 1. The summed E-state index contributed by atoms with van der Waals surface area (Å²) >= 11 is 0.678. The topological polar surface area (TPSA) is 142 Å². The molecule has 3 amide bonds. The van der Waals surface area contributed by atoms with Crippen LogP contribution in [0.4, 0.5) is 23.7 Å². The molecule has 31 heavy (non-hydrogen) atoms. The number of primary amides is 1. The predicted octanol–water partition coefficient (Wildman–Crippen LogP) is 3.51. The van der Waals surface area contributed by atoms with Crippen LogP contribution in [0.1, 0.15) is 22.8 Å². The first-order chi connectivity index (χ1) is 14.4. The number of nitro groups is 1. The highest BCUT2D eigenvalue weighted by Gasteiger charge is 2.33. The number of hydrogen-bond donors (Lipinski definition) is 2. The minimum absolute atomic E-state index is 0.0968. The third-order valence-electron chi connectivity index (χ3n) is 3.71. The van der Waals surface area contributed by atoms with Crippen molar-refractivity contribution in [2.24, 2.45) is 5.73 Å². The van der Waals surface area contributed by atoms with Gasteiger partial charge in [0.2, 0.25) is 0 Å². The molecule has 0 heterocycles. The van der Waals surface area contributed by atoms with E-state index in [9.17, 15) is 37.7 Å². The summed E-state index contributed by atoms with van der Waals surface area (Å²) < 4.78 is 43.6. The molecule has 0 saturated heterocycles. The third kappa shape index (κ3) is 6.18. The zero-order chi connectivity index (χ0) is 23.3. The molecule has 0 aliphatic carbocycles. The van der Waals surface area contributed by atoms with E-state index in [1.807, 2.05) is 0 Å². The van der Waals surface area contributed by atoms with Gasteiger partial charge in [-0.2, -0.15) is 13.2 Å². The zero-order valence-corrected chi connectivity index (χ0v) is 16.5. The largest absolute Gasteiger partial charge is 0.449 e. The second kappa shape index (κ2) is 9.47. The molecule has 0 radical (unpaired) electrons. The SMILES string of the molecule is C[C@H](OC(=O)c1ccccc1Sc1ccc(C(F)(F)F)cc1[N+](=O)[O-])C(=O)NC(N)=O. The Morgan fingerprint density at radius 2 is 1.81 bits per heavy atom. The van der Waals surface area contributed by atoms with E-state index in [0.717, 1.165) is 6.07 Å². The number of urea groups is 1. The van der Waals surface area contributed by atoms with Crippen LogP contribution in [0.3, 0.4) is 0 Å². The molecule has 2 aromatic rings. The standard InChI is InChI=1S/C18H14F3N3O6S/c1-9(15(25)23-17(22)27)30-16(26)11-4-2-3-5-13(11)31-14-7-6-10(18(19,20)21)8-12(14)24(28)29/h2-9H,1H3,(H3,22,23,25,27)/t9-/m0/s1. The molecule has 0 aliphatic rings. The van der Waals surface area contributed by atoms with Gasteiger partial charge in [0.05, 0.1) is 20.9 Å². The van der Waals surface area contributed by atoms with Crippen LogP contribution >= 0.6 is 11.8 Å². The molecule has 0 spiro atoms. The number of halogens is 3. The third-order valence-corrected chi connectivity index (χ3v) is 4.85. The summed E-state index contributed by atoms with van der Waals surface area (Å²) in [5.74, 6) is -1.96. The van der Waals surface area contributed by atoms with Crippen molar-refractivity contribution in [1.82, 2.24) is 5.32 Å². The van der Waals surface area contributed by atoms with Crippen LogP contribution in [0.2, 0.25) is 0 Å². The van der Waals surface area contributed by atoms with Crippen molar-refractivity contribution in [1.29, 1.82) is 0 Å². The molecular weight excluding hydrogens is 443 g/mol. The summed E-state index contributed by atoms with van der Waals surface area (Å²) in [4.78, 5) is 45.1. The van der Waals surface area contributed by atoms with Gasteiger partial charge in [0.15, 0.2) is 6.10 Å². The molecule has 0 fully saturated rings. The summed E-state index contributed by atoms with van der Waals surface area (Å²) in [6.07, 6.45) is -6.16. The van der Waals surface area contributed by atoms with E-state index < -0.39 is 46.4 Å². The highest BCUT2D eigenvalue weighted by Crippen LogP contribution is 2.40. The molecule has 0 unspecified atom stereocenters. The number of carbonyl (C=O) groups is 3. The number of alkyl halides is 3. The van der Waals surface area contributed by atoms with Gasteiger partial charge in [0, 0.05) is 11.0 Å². The summed E-state index contributed by atoms with van der Waals surface area (Å²) in [6.45, 7) is 1.19. The second-order valence-corrected chi connectivity index (χ2v) is 7.02. The molecular formula is C18H14F3N3O6S. The molecule has 9 nitrogen and oxygen atoms in total. The molecule has 2 rings (SSSR count). The Morgan fingerprint density at radius 3 is 2.39 bits per heavy atom. The van der Waals surface area contributed by atoms with E-state index in [-0.39, 0.29) is 15.4 Å². The minimum Gasteiger partial charge on any atom is -0.449 e. The normalized spacial score (nSPS) is 12.0. The van der Waals surface area contributed by atoms with Gasteiger partial charge in [0.25, 0.3) is 11.6 Å². The number of nitrogens with zero attached hydrogens (tertiary/aromatic N) is 1. The Morgan fingerprint density at radius 1 is 1.16 bits per heavy atom. The maximum Gasteiger partial charge on any atom is 0.416 e. The lowest BCUT2D eigenvalue weighted by Crippen LogP contribution is -2.42. The number of amides is 3. The van der Waals surface area contributed by atoms with E-state index in [4.69, 9.17) is 10.5 Å². The first kappa shape index (κ1) is 23.7. The van der Waals surface area contributed by atoms with Gasteiger partial charge in [-0.3, -0.25) is 20.2 Å². The van der Waals surface area contributed by atoms with Gasteiger partial charge >= 0.3 is 18.2 Å². The number of rotatable bonds is 6. The van der Waals surface area contributed by atoms with Crippen LogP contribution in [-0.2, 0) is 15.7 Å². The Balaban J connectivity index is 2.32. The molecule has 0 aromatic heterocycles. The number of ether oxygens (including phenoxy) is 1. The van der Waals surface area contributed by atoms with Crippen molar-refractivity contribution in [3.05, 3.63) is 63.7 Å². The van der Waals surface area contributed by atoms with Crippen LogP contribution in [0.25, 0.3) is 0 Å². The van der Waals surface area contributed by atoms with Crippen molar-refractivity contribution in [2.45, 2.75) is 29.0 Å². The van der Waals surface area contributed by atoms with Crippen molar-refractivity contribution >= 4 is 35.4 Å². The lowest BCUT2D eigenvalue weighted by molar-refractivity contribution is -0.388. The first-order valence-corrected chi connectivity index (χ1v) is 9.15. The molecule has 164 valence electrons. The van der Waals surface area contributed by atoms with E-state index in [1.54, 1.807) is 5.32 Å². The highest BCUT2D eigenvalue weighted by molar-refractivity contribution is 7.99. The van der Waals surface area contributed by atoms with E-state index in [1.165, 1.54) is 31.2 Å². The number of imide groups is 1. The van der Waals surface area contributed by atoms with Crippen LogP contribution in [0.15, 0.2) is 52.3 Å². The fourth-order valence-electron chi connectivity index (χ4n) is 2.27. The van der Waals surface area contributed by atoms with Crippen molar-refractivity contribution in [2.75, 3.05) is 0 Å². The number of carbonyl (C=O) groups excluding carboxylic acids is 3. The Bertz CT molecular complexity index is 1040. The van der Waals surface area contributed by atoms with Crippen LogP contribution < -0.4 is 11.1 Å². The van der Waals surface area contributed by atoms with Gasteiger partial charge < -0.3 is 10.5 Å². The maximum atomic E-state index is 12.9. The van der Waals surface area contributed by atoms with Crippen molar-refractivity contribution in [3.63, 3.8) is 0 Å². The molecule has 2 aromatic carbocycles. The fourth-order valence-corrected chi connectivity index (χ4v) is 3.29. The number of esters is 1. The molecule has 13 heteroatoms. The smallest absolute Gasteiger partial charge is 0.416 e. The zero-order valence-electron chi connectivity index (χ0n) is 15.6. The predicted molar refractivity (Wildman–Crippen MR) is 101 cm³/mol. The Hall–Kier alpha value is -3.61. The molecule has 3 N–H and O–H groups in total. The van der Waals surface area contributed by atoms with Crippen LogP contribution in [0, 0.1) is 10.1 Å². The van der Waals surface area contributed by atoms with E-state index >= 15 is 0 Å². The molecule has 0 saturated carbocycles. The molecule has 0 aliphatic heterocycles. The average molecular weight is 457 g/mol. The van der Waals surface area contributed by atoms with E-state index in [0.29, 0.717) is 23.9 Å². The summed E-state index contributed by atoms with van der Waals surface area (Å²) in [7, 11) is 0. The minimum atomic E-state index is -4.77. The lowest BCUT2D eigenvalue weighted by Gasteiger charge is -2.14. The molecule has 0 bridgehead atoms. The fraction of sp³-hybridized carbons (Fsp3) is 0.167. The van der Waals surface area contributed by atoms with Gasteiger partial charge in [-0.1, -0.05) is 23.9 Å². The van der Waals surface area contributed by atoms with Gasteiger partial charge in [-0.05, 0) is 31.2 Å². The number of nitrogens with two attached hydrogens (primary N) is 1. The summed E-state index contributed by atoms with van der Waals surface area (Å²) in [5, 5.41) is 13.0. The maximum absolute atomic E-state index is 12.9. The second-order valence-electron chi connectivity index (χ2n) is 5.94. The quantitative estimate of drug-likeness (QED) is 0.384. The van der Waals surface area contributed by atoms with E-state index in [2.05, 4.69) is 0 Å². The Kier molecular flexibility index (Phi) is 7.23. The van der Waals surface area contributed by atoms with Crippen molar-refractivity contribution < 1.29 is 37.2 Å². The van der Waals surface area contributed by atoms with Crippen LogP contribution in [-0.4, -0.2) is 28.9 Å². The van der Waals surface area contributed by atoms with Crippen LogP contribution in [0.5, 0.6) is 0 Å². The average Bonchev–Trinajstić information content (AvgIpc) is 2.67. The first-order valence-electron chi connectivity index (χ1n) is 8.34. The van der Waals surface area contributed by atoms with Crippen molar-refractivity contribution in [3.8, 4) is 0 Å². The van der Waals surface area contributed by atoms with Gasteiger partial charge in [0.1, 0.15) is 0 Å². The number of benzene rings is 2. The number of hydrogen-bond acceptors (Lipinski definition) is 7. The van der Waals surface area contributed by atoms with Gasteiger partial charge in [-0.25, -0.2) is 9.59 Å². The highest BCUT2D eigenvalue weighted by atomic mass is 32.2. The molecule has 1 atom stereocenters.